The van der Waals surface area contributed by atoms with Crippen LogP contribution in [0.2, 0.25) is 0 Å². The van der Waals surface area contributed by atoms with Crippen molar-refractivity contribution in [3.8, 4) is 0 Å². The molecule has 0 saturated heterocycles. The van der Waals surface area contributed by atoms with E-state index in [9.17, 15) is 5.11 Å². The number of aliphatic hydroxyl groups is 1. The summed E-state index contributed by atoms with van der Waals surface area (Å²) in [4.78, 5) is 4.46. The van der Waals surface area contributed by atoms with Gasteiger partial charge >= 0.3 is 0 Å². The van der Waals surface area contributed by atoms with Crippen LogP contribution in [0.25, 0.3) is 10.9 Å². The van der Waals surface area contributed by atoms with Crippen molar-refractivity contribution in [2.24, 2.45) is 0 Å². The highest BCUT2D eigenvalue weighted by Gasteiger charge is 2.00. The molecule has 1 aromatic heterocycles. The van der Waals surface area contributed by atoms with Gasteiger partial charge in [-0.25, -0.2) is 0 Å². The first-order valence-corrected chi connectivity index (χ1v) is 5.69. The molecule has 1 heterocycles. The number of aromatic nitrogens is 1. The van der Waals surface area contributed by atoms with Crippen LogP contribution in [0.4, 0.5) is 0 Å². The lowest BCUT2D eigenvalue weighted by molar-refractivity contribution is 0.185. The first-order valence-electron chi connectivity index (χ1n) is 5.69. The Labute approximate surface area is 96.0 Å². The SMILES string of the molecule is Cc1ccc2cc(CC[C@@H](C)O)ccc2n1. The quantitative estimate of drug-likeness (QED) is 0.854. The second kappa shape index (κ2) is 4.62. The summed E-state index contributed by atoms with van der Waals surface area (Å²) in [6, 6.07) is 10.4. The topological polar surface area (TPSA) is 33.1 Å². The molecule has 0 bridgehead atoms. The van der Waals surface area contributed by atoms with Gasteiger partial charge in [-0.05, 0) is 50.5 Å². The number of aliphatic hydroxyl groups excluding tert-OH is 1. The molecule has 2 aromatic rings. The minimum atomic E-state index is -0.230. The number of hydrogen-bond acceptors (Lipinski definition) is 2. The van der Waals surface area contributed by atoms with Crippen LogP contribution in [0, 0.1) is 6.92 Å². The van der Waals surface area contributed by atoms with Gasteiger partial charge in [-0.2, -0.15) is 0 Å². The maximum atomic E-state index is 9.25. The Kier molecular flexibility index (Phi) is 3.20. The van der Waals surface area contributed by atoms with Gasteiger partial charge in [-0.3, -0.25) is 4.98 Å². The molecular weight excluding hydrogens is 198 g/mol. The molecule has 0 unspecified atom stereocenters. The third-order valence-electron chi connectivity index (χ3n) is 2.74. The van der Waals surface area contributed by atoms with Crippen molar-refractivity contribution in [3.05, 3.63) is 41.6 Å². The Bertz CT molecular complexity index is 491. The van der Waals surface area contributed by atoms with E-state index in [4.69, 9.17) is 0 Å². The van der Waals surface area contributed by atoms with Crippen molar-refractivity contribution in [1.29, 1.82) is 0 Å². The second-order valence-electron chi connectivity index (χ2n) is 4.37. The lowest BCUT2D eigenvalue weighted by Gasteiger charge is -2.05. The number of benzene rings is 1. The normalized spacial score (nSPS) is 12.9. The minimum Gasteiger partial charge on any atom is -0.393 e. The van der Waals surface area contributed by atoms with E-state index in [0.29, 0.717) is 0 Å². The monoisotopic (exact) mass is 215 g/mol. The molecule has 2 heteroatoms. The number of fused-ring (bicyclic) bond motifs is 1. The second-order valence-corrected chi connectivity index (χ2v) is 4.37. The van der Waals surface area contributed by atoms with Crippen LogP contribution in [0.3, 0.4) is 0 Å². The summed E-state index contributed by atoms with van der Waals surface area (Å²) in [7, 11) is 0. The molecule has 16 heavy (non-hydrogen) atoms. The Morgan fingerprint density at radius 3 is 2.81 bits per heavy atom. The Balaban J connectivity index is 2.26. The zero-order valence-corrected chi connectivity index (χ0v) is 9.77. The molecule has 0 amide bonds. The van der Waals surface area contributed by atoms with Crippen LogP contribution in [0.15, 0.2) is 30.3 Å². The van der Waals surface area contributed by atoms with Gasteiger partial charge in [0, 0.05) is 11.1 Å². The molecule has 1 aromatic carbocycles. The minimum absolute atomic E-state index is 0.230. The van der Waals surface area contributed by atoms with E-state index in [1.54, 1.807) is 0 Å². The summed E-state index contributed by atoms with van der Waals surface area (Å²) in [6.45, 7) is 3.83. The van der Waals surface area contributed by atoms with E-state index in [2.05, 4.69) is 29.2 Å². The van der Waals surface area contributed by atoms with E-state index in [-0.39, 0.29) is 6.10 Å². The third-order valence-corrected chi connectivity index (χ3v) is 2.74. The third kappa shape index (κ3) is 2.58. The van der Waals surface area contributed by atoms with E-state index in [0.717, 1.165) is 24.1 Å². The van der Waals surface area contributed by atoms with Crippen LogP contribution >= 0.6 is 0 Å². The highest BCUT2D eigenvalue weighted by Crippen LogP contribution is 2.16. The van der Waals surface area contributed by atoms with Gasteiger partial charge in [0.25, 0.3) is 0 Å². The molecule has 0 saturated carbocycles. The van der Waals surface area contributed by atoms with Crippen LogP contribution in [-0.4, -0.2) is 16.2 Å². The first-order chi connectivity index (χ1) is 7.65. The maximum absolute atomic E-state index is 9.25. The summed E-state index contributed by atoms with van der Waals surface area (Å²) in [5.41, 5.74) is 3.35. The van der Waals surface area contributed by atoms with Crippen molar-refractivity contribution < 1.29 is 5.11 Å². The van der Waals surface area contributed by atoms with Crippen molar-refractivity contribution in [1.82, 2.24) is 4.98 Å². The Morgan fingerprint density at radius 2 is 2.06 bits per heavy atom. The Morgan fingerprint density at radius 1 is 1.25 bits per heavy atom. The van der Waals surface area contributed by atoms with E-state index in [1.165, 1.54) is 10.9 Å². The highest BCUT2D eigenvalue weighted by atomic mass is 16.3. The highest BCUT2D eigenvalue weighted by molar-refractivity contribution is 5.79. The Hall–Kier alpha value is -1.41. The number of rotatable bonds is 3. The number of aryl methyl sites for hydroxylation is 2. The first kappa shape index (κ1) is 11.1. The van der Waals surface area contributed by atoms with Crippen LogP contribution in [0.5, 0.6) is 0 Å². The average Bonchev–Trinajstić information content (AvgIpc) is 2.26. The van der Waals surface area contributed by atoms with Crippen molar-refractivity contribution in [3.63, 3.8) is 0 Å². The van der Waals surface area contributed by atoms with Crippen LogP contribution in [0.1, 0.15) is 24.6 Å². The molecule has 0 fully saturated rings. The van der Waals surface area contributed by atoms with E-state index in [1.807, 2.05) is 19.9 Å². The summed E-state index contributed by atoms with van der Waals surface area (Å²) in [5, 5.41) is 10.4. The van der Waals surface area contributed by atoms with Gasteiger partial charge in [0.05, 0.1) is 11.6 Å². The molecule has 0 radical (unpaired) electrons. The molecule has 0 aliphatic carbocycles. The van der Waals surface area contributed by atoms with Crippen molar-refractivity contribution in [2.45, 2.75) is 32.8 Å². The largest absolute Gasteiger partial charge is 0.393 e. The standard InChI is InChI=1S/C14H17NO/c1-10-3-7-13-9-12(5-4-11(2)16)6-8-14(13)15-10/h3,6-9,11,16H,4-5H2,1-2H3/t11-/m1/s1. The van der Waals surface area contributed by atoms with Crippen molar-refractivity contribution in [2.75, 3.05) is 0 Å². The smallest absolute Gasteiger partial charge is 0.0705 e. The molecule has 84 valence electrons. The lowest BCUT2D eigenvalue weighted by atomic mass is 10.0. The zero-order chi connectivity index (χ0) is 11.5. The molecular formula is C14H17NO. The molecule has 0 spiro atoms. The van der Waals surface area contributed by atoms with Gasteiger partial charge in [0.15, 0.2) is 0 Å². The zero-order valence-electron chi connectivity index (χ0n) is 9.77. The molecule has 2 rings (SSSR count). The van der Waals surface area contributed by atoms with Gasteiger partial charge in [0.2, 0.25) is 0 Å². The summed E-state index contributed by atoms with van der Waals surface area (Å²) >= 11 is 0. The summed E-state index contributed by atoms with van der Waals surface area (Å²) in [6.07, 6.45) is 1.50. The van der Waals surface area contributed by atoms with Gasteiger partial charge in [-0.15, -0.1) is 0 Å². The fraction of sp³-hybridized carbons (Fsp3) is 0.357. The molecule has 1 atom stereocenters. The maximum Gasteiger partial charge on any atom is 0.0705 e. The van der Waals surface area contributed by atoms with E-state index >= 15 is 0 Å². The molecule has 2 nitrogen and oxygen atoms in total. The van der Waals surface area contributed by atoms with Gasteiger partial charge in [-0.1, -0.05) is 12.1 Å². The molecule has 1 N–H and O–H groups in total. The van der Waals surface area contributed by atoms with E-state index < -0.39 is 0 Å². The number of nitrogens with zero attached hydrogens (tertiary/aromatic N) is 1. The van der Waals surface area contributed by atoms with Gasteiger partial charge < -0.3 is 5.11 Å². The lowest BCUT2D eigenvalue weighted by Crippen LogP contribution is -2.01. The number of pyridine rings is 1. The van der Waals surface area contributed by atoms with Crippen LogP contribution in [-0.2, 0) is 6.42 Å². The summed E-state index contributed by atoms with van der Waals surface area (Å²) in [5.74, 6) is 0. The van der Waals surface area contributed by atoms with Crippen LogP contribution < -0.4 is 0 Å². The molecule has 0 aliphatic heterocycles. The van der Waals surface area contributed by atoms with Crippen molar-refractivity contribution >= 4 is 10.9 Å². The fourth-order valence-electron chi connectivity index (χ4n) is 1.81. The fourth-order valence-corrected chi connectivity index (χ4v) is 1.81. The predicted octanol–water partition coefficient (Wildman–Crippen LogP) is 2.86. The predicted molar refractivity (Wildman–Crippen MR) is 66.5 cm³/mol. The number of hydrogen-bond donors (Lipinski definition) is 1. The average molecular weight is 215 g/mol. The molecule has 0 aliphatic rings. The van der Waals surface area contributed by atoms with Gasteiger partial charge in [0.1, 0.15) is 0 Å². The summed E-state index contributed by atoms with van der Waals surface area (Å²) < 4.78 is 0.